The van der Waals surface area contributed by atoms with Crippen LogP contribution in [0.1, 0.15) is 17.3 Å². The number of carbonyl (C=O) groups is 1. The number of carbonyl (C=O) groups excluding carboxylic acids is 1. The first kappa shape index (κ1) is 15.2. The molecule has 1 heterocycles. The average molecular weight is 313 g/mol. The topological polar surface area (TPSA) is 78.0 Å². The Balaban J connectivity index is 1.97. The number of H-pyrrole nitrogens is 1. The lowest BCUT2D eigenvalue weighted by Gasteiger charge is -2.07. The average Bonchev–Trinajstić information content (AvgIpc) is 2.96. The molecule has 2 aromatic carbocycles. The second kappa shape index (κ2) is 6.18. The summed E-state index contributed by atoms with van der Waals surface area (Å²) < 4.78 is 13.1. The number of hydrogen-bond acceptors (Lipinski definition) is 3. The minimum Gasteiger partial charge on any atom is -0.392 e. The molecule has 3 rings (SSSR count). The van der Waals surface area contributed by atoms with Crippen molar-refractivity contribution in [2.75, 3.05) is 6.54 Å². The van der Waals surface area contributed by atoms with Gasteiger partial charge >= 0.3 is 0 Å². The maximum atomic E-state index is 13.1. The van der Waals surface area contributed by atoms with E-state index in [9.17, 15) is 14.3 Å². The number of fused-ring (bicyclic) bond motifs is 1. The normalized spacial score (nSPS) is 12.3. The van der Waals surface area contributed by atoms with Gasteiger partial charge in [0, 0.05) is 23.1 Å². The second-order valence-electron chi connectivity index (χ2n) is 5.40. The van der Waals surface area contributed by atoms with Crippen molar-refractivity contribution in [1.82, 2.24) is 15.5 Å². The maximum Gasteiger partial charge on any atom is 0.251 e. The van der Waals surface area contributed by atoms with Crippen LogP contribution in [-0.2, 0) is 0 Å². The van der Waals surface area contributed by atoms with Crippen LogP contribution in [0.15, 0.2) is 42.5 Å². The number of nitrogens with zero attached hydrogens (tertiary/aromatic N) is 1. The predicted octanol–water partition coefficient (Wildman–Crippen LogP) is 2.48. The lowest BCUT2D eigenvalue weighted by molar-refractivity contribution is 0.0924. The smallest absolute Gasteiger partial charge is 0.251 e. The summed E-state index contributed by atoms with van der Waals surface area (Å²) >= 11 is 0. The molecule has 0 fully saturated rings. The van der Waals surface area contributed by atoms with E-state index in [1.165, 1.54) is 12.1 Å². The number of hydrogen-bond donors (Lipinski definition) is 3. The molecule has 0 saturated carbocycles. The number of aliphatic hydroxyl groups is 1. The van der Waals surface area contributed by atoms with Gasteiger partial charge < -0.3 is 10.4 Å². The molecule has 5 nitrogen and oxygen atoms in total. The molecule has 3 N–H and O–H groups in total. The first-order valence-corrected chi connectivity index (χ1v) is 7.25. The van der Waals surface area contributed by atoms with E-state index in [0.29, 0.717) is 11.3 Å². The molecule has 0 aliphatic heterocycles. The zero-order valence-corrected chi connectivity index (χ0v) is 12.5. The van der Waals surface area contributed by atoms with E-state index in [1.54, 1.807) is 37.3 Å². The molecule has 3 aromatic rings. The van der Waals surface area contributed by atoms with E-state index >= 15 is 0 Å². The molecule has 1 atom stereocenters. The van der Waals surface area contributed by atoms with Crippen LogP contribution < -0.4 is 5.32 Å². The zero-order valence-electron chi connectivity index (χ0n) is 12.5. The Morgan fingerprint density at radius 2 is 2.04 bits per heavy atom. The Morgan fingerprint density at radius 3 is 2.74 bits per heavy atom. The van der Waals surface area contributed by atoms with Gasteiger partial charge in [-0.1, -0.05) is 0 Å². The summed E-state index contributed by atoms with van der Waals surface area (Å²) in [5.41, 5.74) is 2.68. The molecule has 118 valence electrons. The molecule has 1 unspecified atom stereocenters. The van der Waals surface area contributed by atoms with Gasteiger partial charge in [-0.25, -0.2) is 4.39 Å². The summed E-state index contributed by atoms with van der Waals surface area (Å²) in [5.74, 6) is -0.578. The van der Waals surface area contributed by atoms with Crippen molar-refractivity contribution in [2.45, 2.75) is 13.0 Å². The Kier molecular flexibility index (Phi) is 4.08. The lowest BCUT2D eigenvalue weighted by atomic mass is 10.1. The molecule has 0 saturated heterocycles. The first-order chi connectivity index (χ1) is 11.0. The first-order valence-electron chi connectivity index (χ1n) is 7.25. The van der Waals surface area contributed by atoms with Gasteiger partial charge in [0.25, 0.3) is 5.91 Å². The highest BCUT2D eigenvalue weighted by Gasteiger charge is 2.12. The van der Waals surface area contributed by atoms with E-state index in [1.807, 2.05) is 0 Å². The largest absolute Gasteiger partial charge is 0.392 e. The van der Waals surface area contributed by atoms with Crippen LogP contribution >= 0.6 is 0 Å². The van der Waals surface area contributed by atoms with Gasteiger partial charge in [-0.15, -0.1) is 0 Å². The van der Waals surface area contributed by atoms with Gasteiger partial charge in [0.1, 0.15) is 5.82 Å². The van der Waals surface area contributed by atoms with Crippen LogP contribution in [0.4, 0.5) is 4.39 Å². The van der Waals surface area contributed by atoms with Crippen LogP contribution in [0.2, 0.25) is 0 Å². The van der Waals surface area contributed by atoms with Crippen molar-refractivity contribution >= 4 is 16.8 Å². The molecule has 1 amide bonds. The molecular formula is C17H16FN3O2. The molecule has 0 aliphatic carbocycles. The van der Waals surface area contributed by atoms with Gasteiger partial charge in [-0.2, -0.15) is 5.10 Å². The number of amides is 1. The van der Waals surface area contributed by atoms with Gasteiger partial charge in [0.15, 0.2) is 0 Å². The number of aromatic nitrogens is 2. The summed E-state index contributed by atoms with van der Waals surface area (Å²) in [4.78, 5) is 12.1. The summed E-state index contributed by atoms with van der Waals surface area (Å²) in [6.07, 6.45) is -0.605. The SMILES string of the molecule is CC(O)CNC(=O)c1ccc2[nH]nc(-c3ccc(F)cc3)c2c1. The molecule has 6 heteroatoms. The van der Waals surface area contributed by atoms with Gasteiger partial charge in [0.2, 0.25) is 0 Å². The van der Waals surface area contributed by atoms with Crippen LogP contribution in [0, 0.1) is 5.82 Å². The third-order valence-electron chi connectivity index (χ3n) is 3.50. The van der Waals surface area contributed by atoms with Crippen molar-refractivity contribution < 1.29 is 14.3 Å². The summed E-state index contributed by atoms with van der Waals surface area (Å²) in [6.45, 7) is 1.79. The van der Waals surface area contributed by atoms with Crippen LogP contribution in [0.5, 0.6) is 0 Å². The van der Waals surface area contributed by atoms with Crippen molar-refractivity contribution in [3.05, 3.63) is 53.8 Å². The third-order valence-corrected chi connectivity index (χ3v) is 3.50. The van der Waals surface area contributed by atoms with Crippen LogP contribution in [-0.4, -0.2) is 33.9 Å². The zero-order chi connectivity index (χ0) is 16.4. The third kappa shape index (κ3) is 3.22. The summed E-state index contributed by atoms with van der Waals surface area (Å²) in [5, 5.41) is 19.8. The highest BCUT2D eigenvalue weighted by Crippen LogP contribution is 2.27. The Labute approximate surface area is 132 Å². The standard InChI is InChI=1S/C17H16FN3O2/c1-10(22)9-19-17(23)12-4-7-15-14(8-12)16(21-20-15)11-2-5-13(18)6-3-11/h2-8,10,22H,9H2,1H3,(H,19,23)(H,20,21). The van der Waals surface area contributed by atoms with Crippen molar-refractivity contribution in [1.29, 1.82) is 0 Å². The Hall–Kier alpha value is -2.73. The van der Waals surface area contributed by atoms with Gasteiger partial charge in [-0.3, -0.25) is 9.89 Å². The second-order valence-corrected chi connectivity index (χ2v) is 5.40. The molecule has 0 radical (unpaired) electrons. The van der Waals surface area contributed by atoms with Crippen molar-refractivity contribution in [3.8, 4) is 11.3 Å². The van der Waals surface area contributed by atoms with Crippen LogP contribution in [0.3, 0.4) is 0 Å². The Morgan fingerprint density at radius 1 is 1.30 bits per heavy atom. The summed E-state index contributed by atoms with van der Waals surface area (Å²) in [7, 11) is 0. The van der Waals surface area contributed by atoms with E-state index < -0.39 is 6.10 Å². The fraction of sp³-hybridized carbons (Fsp3) is 0.176. The van der Waals surface area contributed by atoms with E-state index in [0.717, 1.165) is 16.5 Å². The molecule has 23 heavy (non-hydrogen) atoms. The Bertz CT molecular complexity index is 841. The predicted molar refractivity (Wildman–Crippen MR) is 85.5 cm³/mol. The molecule has 1 aromatic heterocycles. The minimum absolute atomic E-state index is 0.188. The highest BCUT2D eigenvalue weighted by molar-refractivity contribution is 6.01. The van der Waals surface area contributed by atoms with E-state index in [2.05, 4.69) is 15.5 Å². The lowest BCUT2D eigenvalue weighted by Crippen LogP contribution is -2.30. The fourth-order valence-electron chi connectivity index (χ4n) is 2.33. The minimum atomic E-state index is -0.605. The van der Waals surface area contributed by atoms with Crippen molar-refractivity contribution in [3.63, 3.8) is 0 Å². The van der Waals surface area contributed by atoms with Gasteiger partial charge in [0.05, 0.1) is 17.3 Å². The highest BCUT2D eigenvalue weighted by atomic mass is 19.1. The summed E-state index contributed by atoms with van der Waals surface area (Å²) in [6, 6.07) is 11.2. The van der Waals surface area contributed by atoms with Gasteiger partial charge in [-0.05, 0) is 49.4 Å². The van der Waals surface area contributed by atoms with E-state index in [-0.39, 0.29) is 18.3 Å². The maximum absolute atomic E-state index is 13.1. The quantitative estimate of drug-likeness (QED) is 0.692. The fourth-order valence-corrected chi connectivity index (χ4v) is 2.33. The monoisotopic (exact) mass is 313 g/mol. The number of rotatable bonds is 4. The van der Waals surface area contributed by atoms with Crippen molar-refractivity contribution in [2.24, 2.45) is 0 Å². The van der Waals surface area contributed by atoms with E-state index in [4.69, 9.17) is 0 Å². The number of aliphatic hydroxyl groups excluding tert-OH is 1. The number of halogens is 1. The number of aromatic amines is 1. The molecule has 0 bridgehead atoms. The van der Waals surface area contributed by atoms with Crippen LogP contribution in [0.25, 0.3) is 22.2 Å². The number of nitrogens with one attached hydrogen (secondary N) is 2. The molecular weight excluding hydrogens is 297 g/mol. The molecule has 0 aliphatic rings. The molecule has 0 spiro atoms. The number of benzene rings is 2.